The summed E-state index contributed by atoms with van der Waals surface area (Å²) >= 11 is 0. The Balaban J connectivity index is 1.79. The molecule has 2 fully saturated rings. The van der Waals surface area contributed by atoms with Gasteiger partial charge in [0.05, 0.1) is 12.9 Å². The quantitative estimate of drug-likeness (QED) is 0.498. The van der Waals surface area contributed by atoms with Crippen molar-refractivity contribution >= 4 is 18.6 Å². The monoisotopic (exact) mass is 417 g/mol. The van der Waals surface area contributed by atoms with Crippen molar-refractivity contribution in [3.8, 4) is 0 Å². The normalized spacial score (nSPS) is 19.9. The molecular weight excluding hydrogens is 385 g/mol. The predicted molar refractivity (Wildman–Crippen MR) is 116 cm³/mol. The molecule has 0 unspecified atom stereocenters. The Morgan fingerprint density at radius 1 is 1.27 bits per heavy atom. The fourth-order valence-corrected chi connectivity index (χ4v) is 3.73. The summed E-state index contributed by atoms with van der Waals surface area (Å²) < 4.78 is 18.1. The number of methoxy groups -OCH3 is 1. The first kappa shape index (κ1) is 22.6. The van der Waals surface area contributed by atoms with Gasteiger partial charge in [0.15, 0.2) is 0 Å². The van der Waals surface area contributed by atoms with Gasteiger partial charge in [-0.1, -0.05) is 6.58 Å². The van der Waals surface area contributed by atoms with E-state index in [2.05, 4.69) is 30.2 Å². The van der Waals surface area contributed by atoms with Crippen LogP contribution in [0.1, 0.15) is 38.1 Å². The summed E-state index contributed by atoms with van der Waals surface area (Å²) in [4.78, 5) is 29.9. The molecule has 2 aliphatic rings. The van der Waals surface area contributed by atoms with Crippen LogP contribution >= 0.6 is 0 Å². The summed E-state index contributed by atoms with van der Waals surface area (Å²) in [6.07, 6.45) is 1.71. The molecule has 9 heteroatoms. The van der Waals surface area contributed by atoms with E-state index in [4.69, 9.17) is 14.0 Å². The lowest BCUT2D eigenvalue weighted by atomic mass is 9.79. The maximum Gasteiger partial charge on any atom is 0.564 e. The van der Waals surface area contributed by atoms with Gasteiger partial charge < -0.3 is 18.6 Å². The molecule has 0 radical (unpaired) electrons. The van der Waals surface area contributed by atoms with Crippen LogP contribution < -0.4 is 11.0 Å². The number of esters is 1. The average molecular weight is 417 g/mol. The standard InChI is InChI=1S/C21H32BN3O5/c1-15(2)24-10-7-23(8-11-24)9-12-25-14-17(13-18(19(25)26)20(27)28-6)22-29-16(3)21(4,5)30-22/h13-15H,3,7-12H2,1-2,4-6H3. The number of hydrogen-bond acceptors (Lipinski definition) is 7. The van der Waals surface area contributed by atoms with Gasteiger partial charge in [0.1, 0.15) is 11.2 Å². The van der Waals surface area contributed by atoms with Gasteiger partial charge in [0, 0.05) is 57.0 Å². The Morgan fingerprint density at radius 2 is 1.93 bits per heavy atom. The lowest BCUT2D eigenvalue weighted by Crippen LogP contribution is -2.50. The molecule has 2 saturated heterocycles. The molecule has 0 atom stereocenters. The first-order chi connectivity index (χ1) is 14.1. The molecule has 1 aromatic heterocycles. The summed E-state index contributed by atoms with van der Waals surface area (Å²) in [5, 5.41) is 0. The highest BCUT2D eigenvalue weighted by atomic mass is 16.7. The van der Waals surface area contributed by atoms with Crippen LogP contribution in [0.4, 0.5) is 0 Å². The van der Waals surface area contributed by atoms with Gasteiger partial charge in [0.2, 0.25) is 0 Å². The lowest BCUT2D eigenvalue weighted by molar-refractivity contribution is 0.0598. The average Bonchev–Trinajstić information content (AvgIpc) is 2.99. The number of carbonyl (C=O) groups excluding carboxylic acids is 1. The van der Waals surface area contributed by atoms with E-state index in [1.54, 1.807) is 10.8 Å². The summed E-state index contributed by atoms with van der Waals surface area (Å²) in [5.74, 6) is -0.162. The second-order valence-electron chi connectivity index (χ2n) is 8.65. The van der Waals surface area contributed by atoms with E-state index in [1.165, 1.54) is 13.2 Å². The molecule has 8 nitrogen and oxygen atoms in total. The molecule has 1 aromatic rings. The molecule has 164 valence electrons. The maximum atomic E-state index is 12.9. The SMILES string of the molecule is C=C1OB(c2cc(C(=O)OC)c(=O)n(CCN3CCN(C(C)C)CC3)c2)OC1(C)C. The molecule has 0 amide bonds. The van der Waals surface area contributed by atoms with E-state index in [-0.39, 0.29) is 11.1 Å². The van der Waals surface area contributed by atoms with Gasteiger partial charge in [-0.3, -0.25) is 14.6 Å². The molecule has 3 heterocycles. The van der Waals surface area contributed by atoms with Crippen molar-refractivity contribution in [1.82, 2.24) is 14.4 Å². The molecule has 3 rings (SSSR count). The van der Waals surface area contributed by atoms with Crippen molar-refractivity contribution in [2.24, 2.45) is 0 Å². The van der Waals surface area contributed by atoms with E-state index in [0.29, 0.717) is 23.8 Å². The van der Waals surface area contributed by atoms with Gasteiger partial charge in [-0.25, -0.2) is 4.79 Å². The van der Waals surface area contributed by atoms with Crippen LogP contribution in [0.25, 0.3) is 0 Å². The number of hydrogen-bond donors (Lipinski definition) is 0. The molecule has 0 saturated carbocycles. The Hall–Kier alpha value is -2.10. The van der Waals surface area contributed by atoms with Crippen LogP contribution in [0.15, 0.2) is 29.4 Å². The molecule has 0 N–H and O–H groups in total. The molecular formula is C21H32BN3O5. The minimum atomic E-state index is -0.725. The number of ether oxygens (including phenoxy) is 1. The van der Waals surface area contributed by atoms with Crippen LogP contribution in [-0.2, 0) is 20.6 Å². The molecule has 0 spiro atoms. The van der Waals surface area contributed by atoms with Crippen LogP contribution in [0.3, 0.4) is 0 Å². The highest BCUT2D eigenvalue weighted by Crippen LogP contribution is 2.29. The first-order valence-electron chi connectivity index (χ1n) is 10.5. The minimum Gasteiger partial charge on any atom is -0.534 e. The number of piperazine rings is 1. The van der Waals surface area contributed by atoms with Gasteiger partial charge in [0.25, 0.3) is 5.56 Å². The Bertz CT molecular complexity index is 859. The number of carbonyl (C=O) groups is 1. The Labute approximate surface area is 178 Å². The highest BCUT2D eigenvalue weighted by Gasteiger charge is 2.43. The van der Waals surface area contributed by atoms with Crippen LogP contribution in [0.2, 0.25) is 0 Å². The number of nitrogens with zero attached hydrogens (tertiary/aromatic N) is 3. The predicted octanol–water partition coefficient (Wildman–Crippen LogP) is 0.695. The third kappa shape index (κ3) is 4.79. The summed E-state index contributed by atoms with van der Waals surface area (Å²) in [6.45, 7) is 17.2. The smallest absolute Gasteiger partial charge is 0.534 e. The zero-order chi connectivity index (χ0) is 22.1. The van der Waals surface area contributed by atoms with Gasteiger partial charge in [-0.15, -0.1) is 0 Å². The zero-order valence-electron chi connectivity index (χ0n) is 18.6. The zero-order valence-corrected chi connectivity index (χ0v) is 18.6. The summed E-state index contributed by atoms with van der Waals surface area (Å²) in [7, 11) is 0.540. The number of pyridine rings is 1. The summed E-state index contributed by atoms with van der Waals surface area (Å²) in [6, 6.07) is 2.03. The third-order valence-electron chi connectivity index (χ3n) is 5.90. The van der Waals surface area contributed by atoms with Gasteiger partial charge in [-0.05, 0) is 33.8 Å². The van der Waals surface area contributed by atoms with E-state index in [1.807, 2.05) is 13.8 Å². The molecule has 0 bridgehead atoms. The van der Waals surface area contributed by atoms with Crippen molar-refractivity contribution < 1.29 is 18.8 Å². The van der Waals surface area contributed by atoms with E-state index < -0.39 is 18.7 Å². The van der Waals surface area contributed by atoms with Crippen molar-refractivity contribution in [3.05, 3.63) is 40.5 Å². The van der Waals surface area contributed by atoms with Gasteiger partial charge in [-0.2, -0.15) is 0 Å². The van der Waals surface area contributed by atoms with E-state index in [0.717, 1.165) is 32.7 Å². The van der Waals surface area contributed by atoms with Crippen LogP contribution in [0, 0.1) is 0 Å². The van der Waals surface area contributed by atoms with Gasteiger partial charge >= 0.3 is 13.1 Å². The number of aromatic nitrogens is 1. The van der Waals surface area contributed by atoms with E-state index in [9.17, 15) is 9.59 Å². The minimum absolute atomic E-state index is 0.0258. The van der Waals surface area contributed by atoms with Crippen molar-refractivity contribution in [3.63, 3.8) is 0 Å². The second-order valence-corrected chi connectivity index (χ2v) is 8.65. The highest BCUT2D eigenvalue weighted by molar-refractivity contribution is 6.62. The van der Waals surface area contributed by atoms with Crippen molar-refractivity contribution in [2.75, 3.05) is 39.8 Å². The van der Waals surface area contributed by atoms with Crippen LogP contribution in [-0.4, -0.2) is 78.9 Å². The topological polar surface area (TPSA) is 73.2 Å². The fraction of sp³-hybridized carbons (Fsp3) is 0.619. The number of rotatable bonds is 6. The second kappa shape index (κ2) is 8.95. The largest absolute Gasteiger partial charge is 0.564 e. The first-order valence-corrected chi connectivity index (χ1v) is 10.5. The van der Waals surface area contributed by atoms with E-state index >= 15 is 0 Å². The third-order valence-corrected chi connectivity index (χ3v) is 5.90. The Morgan fingerprint density at radius 3 is 2.47 bits per heavy atom. The summed E-state index contributed by atoms with van der Waals surface area (Å²) in [5.41, 5.74) is -0.455. The fourth-order valence-electron chi connectivity index (χ4n) is 3.73. The lowest BCUT2D eigenvalue weighted by Gasteiger charge is -2.37. The Kier molecular flexibility index (Phi) is 6.74. The maximum absolute atomic E-state index is 12.9. The molecule has 2 aliphatic heterocycles. The molecule has 0 aliphatic carbocycles. The van der Waals surface area contributed by atoms with Crippen molar-refractivity contribution in [1.29, 1.82) is 0 Å². The molecule has 0 aromatic carbocycles. The van der Waals surface area contributed by atoms with Crippen molar-refractivity contribution in [2.45, 2.75) is 45.9 Å². The molecule has 30 heavy (non-hydrogen) atoms. The van der Waals surface area contributed by atoms with Crippen LogP contribution in [0.5, 0.6) is 0 Å².